The highest BCUT2D eigenvalue weighted by Crippen LogP contribution is 2.32. The number of nitrogens with zero attached hydrogens (tertiary/aromatic N) is 2. The summed E-state index contributed by atoms with van der Waals surface area (Å²) in [6.07, 6.45) is 3.38. The SMILES string of the molecule is C=CCN(CC=C)[11C](=O)c1c[11c]2ccccc2c(-c2ccccc2Cl)n1. The van der Waals surface area contributed by atoms with E-state index in [-0.39, 0.29) is 5.91 Å². The third-order valence-electron chi connectivity index (χ3n) is 4.07. The molecule has 0 N–H and O–H groups in total. The smallest absolute Gasteiger partial charge is 0.273 e. The van der Waals surface area contributed by atoms with Crippen molar-refractivity contribution in [2.75, 3.05) is 13.1 Å². The number of fused-ring (bicyclic) bond motifs is 1. The molecule has 0 aliphatic heterocycles. The van der Waals surface area contributed by atoms with Crippen LogP contribution >= 0.6 is 11.6 Å². The van der Waals surface area contributed by atoms with Crippen molar-refractivity contribution in [1.82, 2.24) is 9.88 Å². The molecule has 26 heavy (non-hydrogen) atoms. The van der Waals surface area contributed by atoms with Gasteiger partial charge in [0.25, 0.3) is 5.91 Å². The second kappa shape index (κ2) is 7.98. The second-order valence-corrected chi connectivity index (χ2v) is 6.25. The van der Waals surface area contributed by atoms with E-state index >= 15 is 0 Å². The molecule has 1 amide bonds. The van der Waals surface area contributed by atoms with Crippen molar-refractivity contribution in [3.63, 3.8) is 0 Å². The Labute approximate surface area is 158 Å². The number of rotatable bonds is 6. The van der Waals surface area contributed by atoms with Crippen LogP contribution in [0.2, 0.25) is 5.02 Å². The predicted molar refractivity (Wildman–Crippen MR) is 108 cm³/mol. The summed E-state index contributed by atoms with van der Waals surface area (Å²) < 4.78 is 0. The van der Waals surface area contributed by atoms with E-state index in [1.807, 2.05) is 54.6 Å². The van der Waals surface area contributed by atoms with Crippen LogP contribution < -0.4 is 0 Å². The van der Waals surface area contributed by atoms with Gasteiger partial charge < -0.3 is 4.90 Å². The van der Waals surface area contributed by atoms with Crippen LogP contribution in [0.15, 0.2) is 79.9 Å². The Morgan fingerprint density at radius 1 is 1.04 bits per heavy atom. The zero-order valence-corrected chi connectivity index (χ0v) is 15.1. The molecule has 3 aromatic rings. The van der Waals surface area contributed by atoms with E-state index < -0.39 is 0 Å². The summed E-state index contributed by atoms with van der Waals surface area (Å²) in [5, 5.41) is 2.50. The van der Waals surface area contributed by atoms with Crippen molar-refractivity contribution in [3.05, 3.63) is 90.6 Å². The monoisotopic (exact) mass is 360 g/mol. The molecule has 0 bridgehead atoms. The summed E-state index contributed by atoms with van der Waals surface area (Å²) in [6, 6.07) is 17.2. The maximum Gasteiger partial charge on any atom is 0.273 e. The number of hydrogen-bond acceptors (Lipinski definition) is 2. The highest BCUT2D eigenvalue weighted by atomic mass is 35.5. The first-order valence-electron chi connectivity index (χ1n) is 8.31. The van der Waals surface area contributed by atoms with Gasteiger partial charge in [0.15, 0.2) is 0 Å². The van der Waals surface area contributed by atoms with Crippen molar-refractivity contribution in [3.8, 4) is 11.3 Å². The Balaban J connectivity index is 2.19. The number of hydrogen-bond donors (Lipinski definition) is 0. The average Bonchev–Trinajstić information content (AvgIpc) is 2.67. The molecule has 0 unspecified atom stereocenters. The van der Waals surface area contributed by atoms with Crippen LogP contribution in [0, 0.1) is 0 Å². The number of aromatic nitrogens is 1. The van der Waals surface area contributed by atoms with Gasteiger partial charge in [-0.15, -0.1) is 13.2 Å². The van der Waals surface area contributed by atoms with Crippen LogP contribution in [0.3, 0.4) is 0 Å². The molecule has 0 atom stereocenters. The summed E-state index contributed by atoms with van der Waals surface area (Å²) in [5.41, 5.74) is 1.88. The maximum atomic E-state index is 13.0. The number of pyridine rings is 1. The van der Waals surface area contributed by atoms with E-state index in [4.69, 9.17) is 11.6 Å². The van der Waals surface area contributed by atoms with Gasteiger partial charge in [0.1, 0.15) is 5.69 Å². The number of carbonyl (C=O) groups excluding carboxylic acids is 1. The van der Waals surface area contributed by atoms with Crippen molar-refractivity contribution in [2.45, 2.75) is 0 Å². The molecule has 1 heterocycles. The van der Waals surface area contributed by atoms with Gasteiger partial charge in [-0.3, -0.25) is 4.79 Å². The van der Waals surface area contributed by atoms with E-state index in [0.717, 1.165) is 16.3 Å². The van der Waals surface area contributed by atoms with Crippen molar-refractivity contribution in [1.29, 1.82) is 0 Å². The molecule has 130 valence electrons. The molecule has 0 fully saturated rings. The van der Waals surface area contributed by atoms with Crippen LogP contribution in [-0.4, -0.2) is 28.9 Å². The molecule has 2 aromatic carbocycles. The third-order valence-corrected chi connectivity index (χ3v) is 4.40. The lowest BCUT2D eigenvalue weighted by Crippen LogP contribution is -2.32. The first kappa shape index (κ1) is 17.9. The fraction of sp³-hybridized carbons (Fsp3) is 0.0909. The first-order valence-corrected chi connectivity index (χ1v) is 8.69. The zero-order valence-electron chi connectivity index (χ0n) is 14.4. The van der Waals surface area contributed by atoms with Gasteiger partial charge in [0.05, 0.1) is 5.69 Å². The van der Waals surface area contributed by atoms with Crippen LogP contribution in [0.25, 0.3) is 22.0 Å². The summed E-state index contributed by atoms with van der Waals surface area (Å²) >= 11 is 6.39. The molecule has 1 aromatic heterocycles. The van der Waals surface area contributed by atoms with E-state index in [9.17, 15) is 4.79 Å². The largest absolute Gasteiger partial charge is 0.330 e. The fourth-order valence-electron chi connectivity index (χ4n) is 2.88. The van der Waals surface area contributed by atoms with E-state index in [1.165, 1.54) is 0 Å². The van der Waals surface area contributed by atoms with Crippen molar-refractivity contribution < 1.29 is 4.79 Å². The molecule has 4 heteroatoms. The normalized spacial score (nSPS) is 10.5. The summed E-state index contributed by atoms with van der Waals surface area (Å²) in [7, 11) is 0. The van der Waals surface area contributed by atoms with Gasteiger partial charge in [0.2, 0.25) is 0 Å². The lowest BCUT2D eigenvalue weighted by molar-refractivity contribution is 0.0785. The Hall–Kier alpha value is -2.91. The lowest BCUT2D eigenvalue weighted by atomic mass is 9.73. The molecule has 0 radical (unpaired) electrons. The number of halogens is 1. The number of benzene rings is 2. The topological polar surface area (TPSA) is 33.2 Å². The molecular weight excluding hydrogens is 342 g/mol. The van der Waals surface area contributed by atoms with E-state index in [1.54, 1.807) is 17.1 Å². The Kier molecular flexibility index (Phi) is 5.49. The van der Waals surface area contributed by atoms with Gasteiger partial charge in [-0.2, -0.15) is 0 Å². The van der Waals surface area contributed by atoms with Crippen molar-refractivity contribution in [2.24, 2.45) is 0 Å². The van der Waals surface area contributed by atoms with Gasteiger partial charge >= 0.3 is 0 Å². The lowest BCUT2D eigenvalue weighted by Gasteiger charge is -2.19. The third kappa shape index (κ3) is 3.53. The highest BCUT2D eigenvalue weighted by molar-refractivity contribution is 6.33. The predicted octanol–water partition coefficient (Wildman–Crippen LogP) is 5.37. The molecular formula is C22H19ClN2O. The minimum Gasteiger partial charge on any atom is -0.330 e. The van der Waals surface area contributed by atoms with E-state index in [2.05, 4.69) is 18.1 Å². The van der Waals surface area contributed by atoms with Gasteiger partial charge in [-0.1, -0.05) is 66.2 Å². The average molecular weight is 361 g/mol. The van der Waals surface area contributed by atoms with Crippen LogP contribution in [0.4, 0.5) is 0 Å². The molecule has 0 spiro atoms. The molecule has 3 nitrogen and oxygen atoms in total. The molecule has 3 rings (SSSR count). The fourth-order valence-corrected chi connectivity index (χ4v) is 3.11. The van der Waals surface area contributed by atoms with Crippen LogP contribution in [0.1, 0.15) is 10.5 Å². The Morgan fingerprint density at radius 3 is 2.38 bits per heavy atom. The summed E-state index contributed by atoms with van der Waals surface area (Å²) in [6.45, 7) is 8.30. The Morgan fingerprint density at radius 2 is 1.69 bits per heavy atom. The quantitative estimate of drug-likeness (QED) is 0.554. The van der Waals surface area contributed by atoms with Gasteiger partial charge in [0, 0.05) is 29.1 Å². The highest BCUT2D eigenvalue weighted by Gasteiger charge is 2.18. The number of amides is 1. The van der Waals surface area contributed by atoms with E-state index in [0.29, 0.717) is 29.5 Å². The van der Waals surface area contributed by atoms with Crippen LogP contribution in [-0.2, 0) is 0 Å². The molecule has 0 saturated heterocycles. The minimum atomic E-state index is -0.163. The second-order valence-electron chi connectivity index (χ2n) is 5.84. The maximum absolute atomic E-state index is 13.0. The van der Waals surface area contributed by atoms with Gasteiger partial charge in [-0.25, -0.2) is 4.98 Å². The molecule has 0 aliphatic carbocycles. The summed E-state index contributed by atoms with van der Waals surface area (Å²) in [4.78, 5) is 19.3. The minimum absolute atomic E-state index is 0.163. The molecule has 0 aliphatic rings. The molecule has 0 saturated carbocycles. The zero-order chi connectivity index (χ0) is 18.5. The summed E-state index contributed by atoms with van der Waals surface area (Å²) in [5.74, 6) is -0.163. The standard InChI is InChI=1S/C22H19ClN2O/c1-3-13-25(14-4-2)22(26)20-15-16-9-5-6-10-17(16)21(24-20)18-11-7-8-12-19(18)23/h3-12,15H,1-2,13-14H2/i16-1,22-1. The van der Waals surface area contributed by atoms with Crippen LogP contribution in [0.5, 0.6) is 0 Å². The number of carbonyl (C=O) groups is 1. The first-order chi connectivity index (χ1) is 12.7. The van der Waals surface area contributed by atoms with Gasteiger partial charge in [-0.05, 0) is 17.5 Å². The van der Waals surface area contributed by atoms with Crippen molar-refractivity contribution >= 4 is 28.3 Å². The Bertz CT molecular complexity index is 971.